The predicted octanol–water partition coefficient (Wildman–Crippen LogP) is 4.59. The van der Waals surface area contributed by atoms with Gasteiger partial charge in [-0.2, -0.15) is 0 Å². The third-order valence-corrected chi connectivity index (χ3v) is 4.81. The maximum Gasteiger partial charge on any atom is 0.315 e. The second kappa shape index (κ2) is 9.47. The van der Waals surface area contributed by atoms with Crippen LogP contribution in [0.2, 0.25) is 0 Å². The van der Waals surface area contributed by atoms with E-state index < -0.39 is 0 Å². The van der Waals surface area contributed by atoms with Gasteiger partial charge in [-0.05, 0) is 25.1 Å². The van der Waals surface area contributed by atoms with Gasteiger partial charge >= 0.3 is 6.01 Å². The molecule has 0 fully saturated rings. The first-order valence-corrected chi connectivity index (χ1v) is 9.34. The lowest BCUT2D eigenvalue weighted by Crippen LogP contribution is -2.02. The number of aromatic hydroxyl groups is 1. The molecule has 1 N–H and O–H groups in total. The number of rotatable bonds is 9. The molecule has 0 radical (unpaired) electrons. The van der Waals surface area contributed by atoms with E-state index in [1.54, 1.807) is 16.7 Å². The van der Waals surface area contributed by atoms with Gasteiger partial charge in [0.15, 0.2) is 0 Å². The van der Waals surface area contributed by atoms with Crippen LogP contribution in [0.15, 0.2) is 29.4 Å². The van der Waals surface area contributed by atoms with E-state index in [1.807, 2.05) is 19.1 Å². The van der Waals surface area contributed by atoms with Crippen LogP contribution in [0.4, 0.5) is 0 Å². The number of benzene rings is 1. The second-order valence-corrected chi connectivity index (χ2v) is 6.90. The van der Waals surface area contributed by atoms with Crippen LogP contribution in [-0.4, -0.2) is 25.0 Å². The fourth-order valence-corrected chi connectivity index (χ4v) is 3.22. The molecule has 0 amide bonds. The molecule has 0 bridgehead atoms. The Morgan fingerprint density at radius 1 is 1.08 bits per heavy atom. The Balaban J connectivity index is 1.91. The van der Waals surface area contributed by atoms with E-state index in [4.69, 9.17) is 0 Å². The largest absolute Gasteiger partial charge is 0.479 e. The van der Waals surface area contributed by atoms with Gasteiger partial charge in [-0.3, -0.25) is 9.36 Å². The maximum absolute atomic E-state index is 12.3. The lowest BCUT2D eigenvalue weighted by Gasteiger charge is -2.07. The Kier molecular flexibility index (Phi) is 7.31. The van der Waals surface area contributed by atoms with Crippen molar-refractivity contribution in [3.8, 4) is 6.01 Å². The first-order valence-electron chi connectivity index (χ1n) is 8.53. The van der Waals surface area contributed by atoms with Crippen LogP contribution in [0.25, 0.3) is 0 Å². The fourth-order valence-electron chi connectivity index (χ4n) is 2.43. The van der Waals surface area contributed by atoms with Crippen molar-refractivity contribution in [1.82, 2.24) is 14.8 Å². The van der Waals surface area contributed by atoms with Gasteiger partial charge in [-0.25, -0.2) is 0 Å². The third kappa shape index (κ3) is 5.37. The van der Waals surface area contributed by atoms with Crippen LogP contribution in [0, 0.1) is 6.92 Å². The van der Waals surface area contributed by atoms with Gasteiger partial charge in [0.1, 0.15) is 0 Å². The van der Waals surface area contributed by atoms with Gasteiger partial charge in [0.25, 0.3) is 0 Å². The summed E-state index contributed by atoms with van der Waals surface area (Å²) in [5, 5.41) is 17.8. The maximum atomic E-state index is 12.3. The lowest BCUT2D eigenvalue weighted by atomic mass is 10.1. The predicted molar refractivity (Wildman–Crippen MR) is 96.4 cm³/mol. The zero-order valence-electron chi connectivity index (χ0n) is 14.4. The van der Waals surface area contributed by atoms with Crippen molar-refractivity contribution in [2.75, 3.05) is 0 Å². The van der Waals surface area contributed by atoms with Crippen molar-refractivity contribution in [2.45, 2.75) is 64.1 Å². The summed E-state index contributed by atoms with van der Waals surface area (Å²) in [4.78, 5) is 12.3. The van der Waals surface area contributed by atoms with Gasteiger partial charge < -0.3 is 5.11 Å². The van der Waals surface area contributed by atoms with Crippen LogP contribution in [-0.2, 0) is 6.54 Å². The van der Waals surface area contributed by atoms with Crippen LogP contribution >= 0.6 is 11.8 Å². The van der Waals surface area contributed by atoms with Crippen molar-refractivity contribution in [3.63, 3.8) is 0 Å². The average Bonchev–Trinajstić information content (AvgIpc) is 2.91. The Bertz CT molecular complexity index is 653. The minimum absolute atomic E-state index is 0.0911. The first-order chi connectivity index (χ1) is 11.6. The number of carbonyl (C=O) groups is 1. The van der Waals surface area contributed by atoms with E-state index >= 15 is 0 Å². The highest BCUT2D eigenvalue weighted by molar-refractivity contribution is 8.14. The number of nitrogens with zero attached hydrogens (tertiary/aromatic N) is 3. The van der Waals surface area contributed by atoms with Crippen molar-refractivity contribution in [3.05, 3.63) is 35.4 Å². The van der Waals surface area contributed by atoms with E-state index in [9.17, 15) is 9.90 Å². The molecule has 5 nitrogen and oxygen atoms in total. The van der Waals surface area contributed by atoms with Crippen molar-refractivity contribution >= 4 is 16.9 Å². The van der Waals surface area contributed by atoms with E-state index in [1.165, 1.54) is 25.7 Å². The summed E-state index contributed by atoms with van der Waals surface area (Å²) in [6, 6.07) is 7.30. The van der Waals surface area contributed by atoms with E-state index in [0.29, 0.717) is 17.3 Å². The second-order valence-electron chi connectivity index (χ2n) is 5.96. The molecule has 6 heteroatoms. The molecule has 2 rings (SSSR count). The molecule has 0 spiro atoms. The number of thioether (sulfide) groups is 1. The summed E-state index contributed by atoms with van der Waals surface area (Å²) in [6.45, 7) is 4.81. The van der Waals surface area contributed by atoms with Gasteiger partial charge in [0, 0.05) is 12.1 Å². The molecule has 0 atom stereocenters. The molecule has 1 aromatic carbocycles. The summed E-state index contributed by atoms with van der Waals surface area (Å²) in [6.07, 6.45) is 6.99. The lowest BCUT2D eigenvalue weighted by molar-refractivity contribution is 0.108. The van der Waals surface area contributed by atoms with Gasteiger partial charge in [0.2, 0.25) is 10.3 Å². The van der Waals surface area contributed by atoms with Gasteiger partial charge in [-0.1, -0.05) is 74.0 Å². The van der Waals surface area contributed by atoms with Crippen LogP contribution in [0.3, 0.4) is 0 Å². The van der Waals surface area contributed by atoms with E-state index in [2.05, 4.69) is 17.1 Å². The molecule has 0 unspecified atom stereocenters. The van der Waals surface area contributed by atoms with Gasteiger partial charge in [0.05, 0.1) is 0 Å². The number of aromatic nitrogens is 3. The summed E-state index contributed by atoms with van der Waals surface area (Å²) >= 11 is 1.01. The Morgan fingerprint density at radius 2 is 1.75 bits per heavy atom. The molecule has 2 aromatic rings. The standard InChI is InChI=1S/C18H25N3O2S/c1-3-4-5-6-7-8-13-21-17(23)19-20-18(21)24-16(22)15-11-9-14(2)10-12-15/h9-12H,3-8,13H2,1-2H3,(H,19,23). The SMILES string of the molecule is CCCCCCCCn1c(O)nnc1SC(=O)c1ccc(C)cc1. The molecule has 0 saturated heterocycles. The smallest absolute Gasteiger partial charge is 0.315 e. The summed E-state index contributed by atoms with van der Waals surface area (Å²) in [5.41, 5.74) is 1.74. The highest BCUT2D eigenvalue weighted by atomic mass is 32.2. The molecule has 0 saturated carbocycles. The van der Waals surface area contributed by atoms with Crippen LogP contribution in [0.1, 0.15) is 61.4 Å². The van der Waals surface area contributed by atoms with Crippen molar-refractivity contribution in [2.24, 2.45) is 0 Å². The minimum Gasteiger partial charge on any atom is -0.479 e. The molecule has 24 heavy (non-hydrogen) atoms. The number of hydrogen-bond donors (Lipinski definition) is 1. The third-order valence-electron chi connectivity index (χ3n) is 3.90. The topological polar surface area (TPSA) is 68.0 Å². The molecule has 1 heterocycles. The van der Waals surface area contributed by atoms with Crippen LogP contribution < -0.4 is 0 Å². The fraction of sp³-hybridized carbons (Fsp3) is 0.500. The molecular weight excluding hydrogens is 322 g/mol. The van der Waals surface area contributed by atoms with E-state index in [-0.39, 0.29) is 11.1 Å². The quantitative estimate of drug-likeness (QED) is 0.531. The van der Waals surface area contributed by atoms with Crippen molar-refractivity contribution < 1.29 is 9.90 Å². The highest BCUT2D eigenvalue weighted by Crippen LogP contribution is 2.25. The minimum atomic E-state index is -0.122. The highest BCUT2D eigenvalue weighted by Gasteiger charge is 2.16. The number of hydrogen-bond acceptors (Lipinski definition) is 5. The summed E-state index contributed by atoms with van der Waals surface area (Å²) < 4.78 is 1.62. The molecule has 1 aromatic heterocycles. The normalized spacial score (nSPS) is 10.9. The Morgan fingerprint density at radius 3 is 2.46 bits per heavy atom. The number of carbonyl (C=O) groups excluding carboxylic acids is 1. The van der Waals surface area contributed by atoms with Crippen molar-refractivity contribution in [1.29, 1.82) is 0 Å². The molecule has 0 aliphatic heterocycles. The molecule has 0 aliphatic rings. The molecular formula is C18H25N3O2S. The molecule has 0 aliphatic carbocycles. The monoisotopic (exact) mass is 347 g/mol. The summed E-state index contributed by atoms with van der Waals surface area (Å²) in [7, 11) is 0. The number of unbranched alkanes of at least 4 members (excludes halogenated alkanes) is 5. The summed E-state index contributed by atoms with van der Waals surface area (Å²) in [5.74, 6) is 0. The van der Waals surface area contributed by atoms with E-state index in [0.717, 1.165) is 30.2 Å². The Labute approximate surface area is 147 Å². The Hall–Kier alpha value is -1.82. The van der Waals surface area contributed by atoms with Crippen LogP contribution in [0.5, 0.6) is 6.01 Å². The first kappa shape index (κ1) is 18.5. The average molecular weight is 347 g/mol. The van der Waals surface area contributed by atoms with Gasteiger partial charge in [-0.15, -0.1) is 5.10 Å². The number of aryl methyl sites for hydroxylation is 1. The molecule has 130 valence electrons. The zero-order valence-corrected chi connectivity index (χ0v) is 15.2. The zero-order chi connectivity index (χ0) is 17.4.